The molecule has 20 heavy (non-hydrogen) atoms. The zero-order valence-electron chi connectivity index (χ0n) is 11.0. The van der Waals surface area contributed by atoms with Gasteiger partial charge in [0, 0.05) is 13.1 Å². The van der Waals surface area contributed by atoms with Crippen molar-refractivity contribution >= 4 is 16.0 Å². The lowest BCUT2D eigenvalue weighted by Gasteiger charge is -2.19. The van der Waals surface area contributed by atoms with Crippen LogP contribution < -0.4 is 0 Å². The average molecular weight is 295 g/mol. The first-order chi connectivity index (χ1) is 9.40. The van der Waals surface area contributed by atoms with Crippen molar-refractivity contribution in [3.63, 3.8) is 0 Å². The molecular formula is C14H17NO4S. The molecule has 0 aliphatic carbocycles. The molecule has 0 atom stereocenters. The Morgan fingerprint density at radius 3 is 2.05 bits per heavy atom. The maximum atomic E-state index is 12.2. The van der Waals surface area contributed by atoms with Crippen LogP contribution in [0.4, 0.5) is 0 Å². The van der Waals surface area contributed by atoms with Crippen LogP contribution in [-0.2, 0) is 15.8 Å². The van der Waals surface area contributed by atoms with Gasteiger partial charge in [-0.2, -0.15) is 4.31 Å². The number of hydrogen-bond acceptors (Lipinski definition) is 3. The van der Waals surface area contributed by atoms with E-state index in [0.29, 0.717) is 5.56 Å². The molecule has 108 valence electrons. The van der Waals surface area contributed by atoms with Crippen molar-refractivity contribution in [2.45, 2.75) is 5.75 Å². The molecule has 0 saturated carbocycles. The number of carboxylic acid groups (broad SMARTS) is 1. The molecule has 0 fully saturated rings. The fourth-order valence-corrected chi connectivity index (χ4v) is 3.10. The Labute approximate surface area is 118 Å². The van der Waals surface area contributed by atoms with E-state index < -0.39 is 16.0 Å². The summed E-state index contributed by atoms with van der Waals surface area (Å²) in [6.07, 6.45) is 3.02. The maximum absolute atomic E-state index is 12.2. The highest BCUT2D eigenvalue weighted by Crippen LogP contribution is 2.12. The van der Waals surface area contributed by atoms with Gasteiger partial charge in [-0.25, -0.2) is 13.2 Å². The lowest BCUT2D eigenvalue weighted by molar-refractivity contribution is 0.0697. The van der Waals surface area contributed by atoms with Gasteiger partial charge in [0.1, 0.15) is 0 Å². The largest absolute Gasteiger partial charge is 0.478 e. The number of nitrogens with zero attached hydrogens (tertiary/aromatic N) is 1. The summed E-state index contributed by atoms with van der Waals surface area (Å²) in [6, 6.07) is 5.78. The molecular weight excluding hydrogens is 278 g/mol. The molecule has 0 unspecified atom stereocenters. The Morgan fingerprint density at radius 2 is 1.65 bits per heavy atom. The van der Waals surface area contributed by atoms with Crippen LogP contribution in [-0.4, -0.2) is 36.9 Å². The first-order valence-electron chi connectivity index (χ1n) is 5.92. The van der Waals surface area contributed by atoms with Gasteiger partial charge in [-0.1, -0.05) is 24.3 Å². The van der Waals surface area contributed by atoms with E-state index >= 15 is 0 Å². The third-order valence-electron chi connectivity index (χ3n) is 2.61. The third kappa shape index (κ3) is 4.32. The predicted octanol–water partition coefficient (Wildman–Crippen LogP) is 1.89. The van der Waals surface area contributed by atoms with Crippen molar-refractivity contribution in [3.05, 3.63) is 60.7 Å². The molecule has 0 amide bonds. The highest BCUT2D eigenvalue weighted by Gasteiger charge is 2.20. The second-order valence-electron chi connectivity index (χ2n) is 4.15. The Balaban J connectivity index is 2.91. The third-order valence-corrected chi connectivity index (χ3v) is 4.39. The Hall–Kier alpha value is -1.92. The molecule has 1 aromatic rings. The summed E-state index contributed by atoms with van der Waals surface area (Å²) >= 11 is 0. The standard InChI is InChI=1S/C14H17NO4S/c1-3-9-15(10-4-2)20(18,19)11-12-5-7-13(8-6-12)14(16)17/h3-8H,1-2,9-11H2,(H,16,17). The minimum Gasteiger partial charge on any atom is -0.478 e. The van der Waals surface area contributed by atoms with Gasteiger partial charge >= 0.3 is 5.97 Å². The van der Waals surface area contributed by atoms with E-state index in [0.717, 1.165) is 0 Å². The Bertz CT molecular complexity index is 580. The van der Waals surface area contributed by atoms with Crippen LogP contribution in [0.2, 0.25) is 0 Å². The summed E-state index contributed by atoms with van der Waals surface area (Å²) in [5.41, 5.74) is 0.660. The zero-order chi connectivity index (χ0) is 15.2. The van der Waals surface area contributed by atoms with Gasteiger partial charge in [-0.05, 0) is 17.7 Å². The van der Waals surface area contributed by atoms with Gasteiger partial charge in [0.05, 0.1) is 11.3 Å². The van der Waals surface area contributed by atoms with Crippen molar-refractivity contribution in [1.29, 1.82) is 0 Å². The van der Waals surface area contributed by atoms with E-state index in [1.807, 2.05) is 0 Å². The second-order valence-corrected chi connectivity index (χ2v) is 6.12. The molecule has 0 aliphatic heterocycles. The normalized spacial score (nSPS) is 11.2. The predicted molar refractivity (Wildman–Crippen MR) is 78.0 cm³/mol. The molecule has 5 nitrogen and oxygen atoms in total. The minimum atomic E-state index is -3.49. The molecule has 0 spiro atoms. The number of carboxylic acids is 1. The van der Waals surface area contributed by atoms with E-state index in [9.17, 15) is 13.2 Å². The van der Waals surface area contributed by atoms with Gasteiger partial charge in [0.2, 0.25) is 10.0 Å². The topological polar surface area (TPSA) is 74.7 Å². The first kappa shape index (κ1) is 16.1. The quantitative estimate of drug-likeness (QED) is 0.743. The summed E-state index contributed by atoms with van der Waals surface area (Å²) in [5, 5.41) is 8.79. The van der Waals surface area contributed by atoms with Crippen molar-refractivity contribution in [1.82, 2.24) is 4.31 Å². The Morgan fingerprint density at radius 1 is 1.15 bits per heavy atom. The van der Waals surface area contributed by atoms with Gasteiger partial charge in [-0.15, -0.1) is 13.2 Å². The maximum Gasteiger partial charge on any atom is 0.335 e. The molecule has 0 aliphatic rings. The lowest BCUT2D eigenvalue weighted by atomic mass is 10.1. The van der Waals surface area contributed by atoms with E-state index in [1.54, 1.807) is 0 Å². The zero-order valence-corrected chi connectivity index (χ0v) is 11.8. The highest BCUT2D eigenvalue weighted by molar-refractivity contribution is 7.88. The molecule has 0 saturated heterocycles. The van der Waals surface area contributed by atoms with Crippen LogP contribution in [0.3, 0.4) is 0 Å². The van der Waals surface area contributed by atoms with Crippen molar-refractivity contribution in [2.75, 3.05) is 13.1 Å². The summed E-state index contributed by atoms with van der Waals surface area (Å²) in [7, 11) is -3.49. The molecule has 0 radical (unpaired) electrons. The minimum absolute atomic E-state index is 0.125. The van der Waals surface area contributed by atoms with Gasteiger partial charge in [0.15, 0.2) is 0 Å². The second kappa shape index (κ2) is 7.02. The number of aromatic carboxylic acids is 1. The summed E-state index contributed by atoms with van der Waals surface area (Å²) < 4.78 is 25.7. The fourth-order valence-electron chi connectivity index (χ4n) is 1.64. The van der Waals surface area contributed by atoms with E-state index in [1.165, 1.54) is 40.7 Å². The smallest absolute Gasteiger partial charge is 0.335 e. The van der Waals surface area contributed by atoms with Crippen LogP contribution in [0.1, 0.15) is 15.9 Å². The molecule has 1 rings (SSSR count). The summed E-state index contributed by atoms with van der Waals surface area (Å²) in [5.74, 6) is -1.23. The van der Waals surface area contributed by atoms with Gasteiger partial charge < -0.3 is 5.11 Å². The van der Waals surface area contributed by atoms with Crippen LogP contribution >= 0.6 is 0 Å². The van der Waals surface area contributed by atoms with Gasteiger partial charge in [-0.3, -0.25) is 0 Å². The molecule has 0 bridgehead atoms. The van der Waals surface area contributed by atoms with E-state index in [2.05, 4.69) is 13.2 Å². The van der Waals surface area contributed by atoms with E-state index in [-0.39, 0.29) is 24.4 Å². The van der Waals surface area contributed by atoms with Gasteiger partial charge in [0.25, 0.3) is 0 Å². The molecule has 1 aromatic carbocycles. The SMILES string of the molecule is C=CCN(CC=C)S(=O)(=O)Cc1ccc(C(=O)O)cc1. The average Bonchev–Trinajstić information content (AvgIpc) is 2.38. The fraction of sp³-hybridized carbons (Fsp3) is 0.214. The summed E-state index contributed by atoms with van der Waals surface area (Å²) in [6.45, 7) is 7.48. The number of benzene rings is 1. The highest BCUT2D eigenvalue weighted by atomic mass is 32.2. The van der Waals surface area contributed by atoms with Crippen LogP contribution in [0.15, 0.2) is 49.6 Å². The molecule has 0 heterocycles. The van der Waals surface area contributed by atoms with Crippen molar-refractivity contribution in [3.8, 4) is 0 Å². The van der Waals surface area contributed by atoms with E-state index in [4.69, 9.17) is 5.11 Å². The van der Waals surface area contributed by atoms with Crippen LogP contribution in [0.25, 0.3) is 0 Å². The molecule has 0 aromatic heterocycles. The lowest BCUT2D eigenvalue weighted by Crippen LogP contribution is -2.32. The summed E-state index contributed by atoms with van der Waals surface area (Å²) in [4.78, 5) is 10.7. The number of rotatable bonds is 8. The van der Waals surface area contributed by atoms with Crippen molar-refractivity contribution in [2.24, 2.45) is 0 Å². The van der Waals surface area contributed by atoms with Crippen LogP contribution in [0, 0.1) is 0 Å². The monoisotopic (exact) mass is 295 g/mol. The number of hydrogen-bond donors (Lipinski definition) is 1. The number of sulfonamides is 1. The molecule has 1 N–H and O–H groups in total. The van der Waals surface area contributed by atoms with Crippen LogP contribution in [0.5, 0.6) is 0 Å². The Kier molecular flexibility index (Phi) is 5.66. The number of carbonyl (C=O) groups is 1. The van der Waals surface area contributed by atoms with Crippen molar-refractivity contribution < 1.29 is 18.3 Å². The molecule has 6 heteroatoms. The first-order valence-corrected chi connectivity index (χ1v) is 7.53.